The number of rotatable bonds is 0. The molecule has 0 amide bonds. The summed E-state index contributed by atoms with van der Waals surface area (Å²) in [7, 11) is -1.86. The Balaban J connectivity index is 0.00000180. The predicted octanol–water partition coefficient (Wildman–Crippen LogP) is 3.02. The van der Waals surface area contributed by atoms with Gasteiger partial charge in [-0.2, -0.15) is 0 Å². The van der Waals surface area contributed by atoms with Gasteiger partial charge in [0.05, 0.1) is 10.5 Å². The minimum atomic E-state index is -4.25. The van der Waals surface area contributed by atoms with E-state index in [1.165, 1.54) is 6.07 Å². The molecule has 0 saturated heterocycles. The molecule has 1 atom stereocenters. The molecule has 106 valence electrons. The summed E-state index contributed by atoms with van der Waals surface area (Å²) in [6.07, 6.45) is 0. The predicted molar refractivity (Wildman–Crippen MR) is 71.4 cm³/mol. The van der Waals surface area contributed by atoms with Gasteiger partial charge in [0, 0.05) is 28.0 Å². The Bertz CT molecular complexity index is 594. The third kappa shape index (κ3) is 3.18. The number of halogens is 5. The summed E-state index contributed by atoms with van der Waals surface area (Å²) in [5.74, 6) is 0. The molecule has 6 heteroatoms. The lowest BCUT2D eigenvalue weighted by atomic mass is 9.94. The van der Waals surface area contributed by atoms with Gasteiger partial charge in [0.1, 0.15) is 0 Å². The Kier molecular flexibility index (Phi) is 4.50. The van der Waals surface area contributed by atoms with Crippen molar-refractivity contribution >= 4 is 32.2 Å². The van der Waals surface area contributed by atoms with Gasteiger partial charge in [0.15, 0.2) is 9.58 Å². The van der Waals surface area contributed by atoms with Gasteiger partial charge in [-0.15, -0.1) is 13.2 Å². The first kappa shape index (κ1) is 16.6. The molecule has 1 aromatic heterocycles. The maximum Gasteiger partial charge on any atom is 0.600 e. The minimum Gasteiger partial charge on any atom is -1.00 e. The van der Waals surface area contributed by atoms with E-state index in [-0.39, 0.29) is 12.4 Å². The van der Waals surface area contributed by atoms with Crippen LogP contribution in [0.25, 0.3) is 10.1 Å². The van der Waals surface area contributed by atoms with Gasteiger partial charge in [-0.3, -0.25) is 0 Å². The second kappa shape index (κ2) is 5.15. The zero-order valence-corrected chi connectivity index (χ0v) is 12.9. The van der Waals surface area contributed by atoms with Crippen molar-refractivity contribution in [2.75, 3.05) is 0 Å². The van der Waals surface area contributed by atoms with E-state index in [0.717, 1.165) is 0 Å². The van der Waals surface area contributed by atoms with Crippen LogP contribution in [0.1, 0.15) is 25.6 Å². The first-order chi connectivity index (χ1) is 8.10. The summed E-state index contributed by atoms with van der Waals surface area (Å²) in [5.41, 5.74) is -4.76. The third-order valence-electron chi connectivity index (χ3n) is 2.67. The highest BCUT2D eigenvalue weighted by Gasteiger charge is 2.50. The lowest BCUT2D eigenvalue weighted by molar-refractivity contribution is -0.0869. The van der Waals surface area contributed by atoms with E-state index in [1.54, 1.807) is 39.0 Å². The van der Waals surface area contributed by atoms with Crippen LogP contribution in [0.15, 0.2) is 24.3 Å². The van der Waals surface area contributed by atoms with Crippen LogP contribution in [-0.2, 0) is 10.9 Å². The zero-order valence-electron chi connectivity index (χ0n) is 10.6. The molecule has 0 aliphatic rings. The number of fused-ring (bicyclic) bond motifs is 1. The molecular weight excluding hydrogens is 316 g/mol. The third-order valence-corrected chi connectivity index (χ3v) is 5.33. The van der Waals surface area contributed by atoms with Crippen molar-refractivity contribution in [1.29, 1.82) is 0 Å². The van der Waals surface area contributed by atoms with Crippen molar-refractivity contribution < 1.29 is 25.6 Å². The minimum absolute atomic E-state index is 0. The quantitative estimate of drug-likeness (QED) is 0.652. The molecule has 2 aromatic rings. The van der Waals surface area contributed by atoms with E-state index in [2.05, 4.69) is 0 Å². The molecule has 0 bridgehead atoms. The highest BCUT2D eigenvalue weighted by Crippen LogP contribution is 2.54. The lowest BCUT2D eigenvalue weighted by Gasteiger charge is -2.13. The average molecular weight is 329 g/mol. The van der Waals surface area contributed by atoms with Gasteiger partial charge >= 0.3 is 5.51 Å². The molecule has 0 N–H and O–H groups in total. The summed E-state index contributed by atoms with van der Waals surface area (Å²) in [4.78, 5) is 0.423. The smallest absolute Gasteiger partial charge is 0.600 e. The molecule has 1 unspecified atom stereocenters. The summed E-state index contributed by atoms with van der Waals surface area (Å²) >= 11 is 5.81. The van der Waals surface area contributed by atoms with Crippen molar-refractivity contribution in [2.45, 2.75) is 31.7 Å². The topological polar surface area (TPSA) is 0 Å². The molecule has 0 nitrogen and oxygen atoms in total. The van der Waals surface area contributed by atoms with E-state index in [4.69, 9.17) is 11.6 Å². The maximum absolute atomic E-state index is 13.3. The van der Waals surface area contributed by atoms with Gasteiger partial charge in [0.25, 0.3) is 0 Å². The Labute approximate surface area is 123 Å². The molecule has 0 saturated carbocycles. The van der Waals surface area contributed by atoms with Gasteiger partial charge < -0.3 is 12.4 Å². The summed E-state index contributed by atoms with van der Waals surface area (Å²) < 4.78 is 40.1. The molecule has 19 heavy (non-hydrogen) atoms. The van der Waals surface area contributed by atoms with E-state index < -0.39 is 21.4 Å². The van der Waals surface area contributed by atoms with E-state index in [9.17, 15) is 13.2 Å². The van der Waals surface area contributed by atoms with Crippen LogP contribution in [0, 0.1) is 0 Å². The first-order valence-electron chi connectivity index (χ1n) is 5.43. The van der Waals surface area contributed by atoms with Crippen molar-refractivity contribution in [1.82, 2.24) is 0 Å². The Morgan fingerprint density at radius 2 is 1.63 bits per heavy atom. The summed E-state index contributed by atoms with van der Waals surface area (Å²) in [5, 5.41) is 0.976. The maximum atomic E-state index is 13.3. The lowest BCUT2D eigenvalue weighted by Crippen LogP contribution is -3.00. The van der Waals surface area contributed by atoms with Crippen LogP contribution >= 0.6 is 22.1 Å². The van der Waals surface area contributed by atoms with Crippen LogP contribution in [0.2, 0.25) is 5.02 Å². The van der Waals surface area contributed by atoms with Gasteiger partial charge in [-0.05, 0) is 12.1 Å². The number of alkyl halides is 3. The van der Waals surface area contributed by atoms with Gasteiger partial charge in [-0.25, -0.2) is 0 Å². The zero-order chi connectivity index (χ0) is 13.7. The Morgan fingerprint density at radius 1 is 1.05 bits per heavy atom. The molecule has 0 aliphatic heterocycles. The number of hydrogen-bond donors (Lipinski definition) is 0. The second-order valence-corrected chi connectivity index (χ2v) is 7.58. The monoisotopic (exact) mass is 328 g/mol. The fourth-order valence-corrected chi connectivity index (χ4v) is 4.33. The first-order valence-corrected chi connectivity index (χ1v) is 7.04. The Morgan fingerprint density at radius 3 is 2.11 bits per heavy atom. The van der Waals surface area contributed by atoms with Crippen LogP contribution in [0.3, 0.4) is 0 Å². The van der Waals surface area contributed by atoms with E-state index in [0.29, 0.717) is 20.0 Å². The number of benzene rings is 1. The molecule has 2 rings (SSSR count). The largest absolute Gasteiger partial charge is 1.00 e. The normalized spacial score (nSPS) is 13.5. The number of thiophene rings is 1. The van der Waals surface area contributed by atoms with Gasteiger partial charge in [0.2, 0.25) is 0 Å². The molecule has 0 aliphatic carbocycles. The molecular formula is C13H13Cl2F3S. The van der Waals surface area contributed by atoms with Crippen LogP contribution in [-0.4, -0.2) is 0 Å². The van der Waals surface area contributed by atoms with E-state index >= 15 is 0 Å². The van der Waals surface area contributed by atoms with Crippen LogP contribution in [0.5, 0.6) is 0 Å². The standard InChI is InChI=1S/C13H13ClF3S.ClH/c1-12(2,3)11-6-8-4-5-9(14)7-10(8)18(11)13(15,16)17;/h4-7H,1-3H3;1H/q+1;/p-1. The number of hydrogen-bond acceptors (Lipinski definition) is 0. The molecule has 0 radical (unpaired) electrons. The van der Waals surface area contributed by atoms with Crippen molar-refractivity contribution in [3.05, 3.63) is 34.2 Å². The van der Waals surface area contributed by atoms with Crippen molar-refractivity contribution in [3.63, 3.8) is 0 Å². The highest BCUT2D eigenvalue weighted by atomic mass is 35.5. The summed E-state index contributed by atoms with van der Waals surface area (Å²) in [6, 6.07) is 6.37. The van der Waals surface area contributed by atoms with E-state index in [1.807, 2.05) is 0 Å². The SMILES string of the molecule is CC(C)(C)c1cc2ccc(Cl)cc2[s+]1C(F)(F)F.[Cl-]. The molecule has 1 aromatic carbocycles. The molecule has 0 fully saturated rings. The van der Waals surface area contributed by atoms with Crippen molar-refractivity contribution in [3.8, 4) is 0 Å². The fraction of sp³-hybridized carbons (Fsp3) is 0.385. The van der Waals surface area contributed by atoms with Crippen LogP contribution in [0.4, 0.5) is 13.2 Å². The Hall–Kier alpha value is -0.450. The van der Waals surface area contributed by atoms with Crippen molar-refractivity contribution in [2.24, 2.45) is 0 Å². The van der Waals surface area contributed by atoms with Gasteiger partial charge in [-0.1, -0.05) is 32.4 Å². The molecule has 0 spiro atoms. The summed E-state index contributed by atoms with van der Waals surface area (Å²) in [6.45, 7) is 5.41. The van der Waals surface area contributed by atoms with Crippen LogP contribution < -0.4 is 12.4 Å². The molecule has 1 heterocycles. The fourth-order valence-electron chi connectivity index (χ4n) is 1.89. The highest BCUT2D eigenvalue weighted by molar-refractivity contribution is 7.38. The second-order valence-electron chi connectivity index (χ2n) is 5.19. The average Bonchev–Trinajstić information content (AvgIpc) is 2.54.